The van der Waals surface area contributed by atoms with E-state index in [0.717, 1.165) is 53.1 Å². The van der Waals surface area contributed by atoms with Crippen molar-refractivity contribution >= 4 is 28.4 Å². The summed E-state index contributed by atoms with van der Waals surface area (Å²) in [5.74, 6) is 1.85. The Morgan fingerprint density at radius 1 is 1.17 bits per heavy atom. The second-order valence-electron chi connectivity index (χ2n) is 4.17. The predicted molar refractivity (Wildman–Crippen MR) is 83.1 cm³/mol. The highest BCUT2D eigenvalue weighted by Gasteiger charge is 2.11. The molecule has 0 radical (unpaired) electrons. The Labute approximate surface area is 123 Å². The molecule has 1 aromatic rings. The zero-order chi connectivity index (χ0) is 13.4. The topological polar surface area (TPSA) is 47.0 Å². The first-order chi connectivity index (χ1) is 8.72. The van der Waals surface area contributed by atoms with Crippen molar-refractivity contribution in [3.63, 3.8) is 0 Å². The van der Waals surface area contributed by atoms with Gasteiger partial charge in [0.1, 0.15) is 11.6 Å². The summed E-state index contributed by atoms with van der Waals surface area (Å²) in [6, 6.07) is 0. The van der Waals surface area contributed by atoms with Crippen molar-refractivity contribution in [2.24, 2.45) is 0 Å². The molecular weight excluding hydrogens is 341 g/mol. The first-order valence-electron chi connectivity index (χ1n) is 6.51. The zero-order valence-electron chi connectivity index (χ0n) is 11.4. The SMILES string of the molecule is CCCNc1nc(CCOC)nc(CCC)c1I. The van der Waals surface area contributed by atoms with Crippen LogP contribution < -0.4 is 5.32 Å². The largest absolute Gasteiger partial charge is 0.384 e. The number of hydrogen-bond acceptors (Lipinski definition) is 4. The molecule has 18 heavy (non-hydrogen) atoms. The first-order valence-corrected chi connectivity index (χ1v) is 7.58. The Morgan fingerprint density at radius 2 is 1.94 bits per heavy atom. The molecule has 0 aliphatic carbocycles. The zero-order valence-corrected chi connectivity index (χ0v) is 13.6. The molecule has 0 aliphatic rings. The number of ether oxygens (including phenoxy) is 1. The molecule has 0 aliphatic heterocycles. The maximum Gasteiger partial charge on any atom is 0.143 e. The van der Waals surface area contributed by atoms with Crippen LogP contribution in [-0.2, 0) is 17.6 Å². The molecule has 1 heterocycles. The van der Waals surface area contributed by atoms with Crippen LogP contribution in [0.5, 0.6) is 0 Å². The molecule has 0 fully saturated rings. The van der Waals surface area contributed by atoms with Crippen LogP contribution in [0.15, 0.2) is 0 Å². The van der Waals surface area contributed by atoms with E-state index in [1.807, 2.05) is 0 Å². The van der Waals surface area contributed by atoms with E-state index in [2.05, 4.69) is 51.7 Å². The normalized spacial score (nSPS) is 10.7. The van der Waals surface area contributed by atoms with E-state index in [4.69, 9.17) is 4.74 Å². The van der Waals surface area contributed by atoms with Crippen LogP contribution in [0.1, 0.15) is 38.2 Å². The fourth-order valence-corrected chi connectivity index (χ4v) is 2.31. The van der Waals surface area contributed by atoms with Crippen LogP contribution in [0.3, 0.4) is 0 Å². The minimum Gasteiger partial charge on any atom is -0.384 e. The average Bonchev–Trinajstić information content (AvgIpc) is 2.38. The van der Waals surface area contributed by atoms with Crippen LogP contribution >= 0.6 is 22.6 Å². The number of nitrogens with one attached hydrogen (secondary N) is 1. The van der Waals surface area contributed by atoms with Gasteiger partial charge in [-0.15, -0.1) is 0 Å². The third-order valence-corrected chi connectivity index (χ3v) is 3.66. The highest BCUT2D eigenvalue weighted by molar-refractivity contribution is 14.1. The quantitative estimate of drug-likeness (QED) is 0.722. The van der Waals surface area contributed by atoms with Crippen molar-refractivity contribution in [3.8, 4) is 0 Å². The number of rotatable bonds is 8. The molecule has 1 rings (SSSR count). The Balaban J connectivity index is 2.94. The van der Waals surface area contributed by atoms with Gasteiger partial charge in [-0.3, -0.25) is 0 Å². The predicted octanol–water partition coefficient (Wildman–Crippen LogP) is 3.04. The number of methoxy groups -OCH3 is 1. The van der Waals surface area contributed by atoms with Gasteiger partial charge in [-0.25, -0.2) is 9.97 Å². The maximum absolute atomic E-state index is 5.09. The lowest BCUT2D eigenvalue weighted by Crippen LogP contribution is -2.12. The fraction of sp³-hybridized carbons (Fsp3) is 0.692. The molecule has 0 amide bonds. The molecule has 0 bridgehead atoms. The summed E-state index contributed by atoms with van der Waals surface area (Å²) < 4.78 is 6.25. The fourth-order valence-electron chi connectivity index (χ4n) is 1.61. The molecule has 0 unspecified atom stereocenters. The second-order valence-corrected chi connectivity index (χ2v) is 5.25. The van der Waals surface area contributed by atoms with Crippen LogP contribution in [0, 0.1) is 3.57 Å². The number of nitrogens with zero attached hydrogens (tertiary/aromatic N) is 2. The minimum atomic E-state index is 0.666. The molecule has 1 N–H and O–H groups in total. The van der Waals surface area contributed by atoms with Gasteiger partial charge < -0.3 is 10.1 Å². The van der Waals surface area contributed by atoms with E-state index >= 15 is 0 Å². The van der Waals surface area contributed by atoms with Gasteiger partial charge in [-0.05, 0) is 35.4 Å². The summed E-state index contributed by atoms with van der Waals surface area (Å²) in [6.45, 7) is 5.94. The van der Waals surface area contributed by atoms with Gasteiger partial charge in [0.25, 0.3) is 0 Å². The van der Waals surface area contributed by atoms with Crippen molar-refractivity contribution in [1.82, 2.24) is 9.97 Å². The van der Waals surface area contributed by atoms with E-state index in [9.17, 15) is 0 Å². The van der Waals surface area contributed by atoms with Gasteiger partial charge in [0.05, 0.1) is 15.9 Å². The van der Waals surface area contributed by atoms with Gasteiger partial charge in [-0.2, -0.15) is 0 Å². The van der Waals surface area contributed by atoms with Gasteiger partial charge in [0.15, 0.2) is 0 Å². The van der Waals surface area contributed by atoms with E-state index in [1.54, 1.807) is 7.11 Å². The third kappa shape index (κ3) is 4.68. The Hall–Kier alpha value is -0.430. The lowest BCUT2D eigenvalue weighted by Gasteiger charge is -2.12. The van der Waals surface area contributed by atoms with Crippen molar-refractivity contribution in [2.75, 3.05) is 25.6 Å². The molecule has 0 aromatic carbocycles. The molecule has 0 atom stereocenters. The number of hydrogen-bond donors (Lipinski definition) is 1. The molecule has 5 heteroatoms. The van der Waals surface area contributed by atoms with Crippen LogP contribution in [0.2, 0.25) is 0 Å². The van der Waals surface area contributed by atoms with Crippen LogP contribution in [-0.4, -0.2) is 30.2 Å². The van der Waals surface area contributed by atoms with E-state index in [0.29, 0.717) is 6.61 Å². The highest BCUT2D eigenvalue weighted by atomic mass is 127. The number of halogens is 1. The molecule has 0 spiro atoms. The lowest BCUT2D eigenvalue weighted by atomic mass is 10.2. The minimum absolute atomic E-state index is 0.666. The van der Waals surface area contributed by atoms with Crippen molar-refractivity contribution in [3.05, 3.63) is 15.1 Å². The number of anilines is 1. The third-order valence-electron chi connectivity index (χ3n) is 2.53. The summed E-state index contributed by atoms with van der Waals surface area (Å²) in [5.41, 5.74) is 1.15. The van der Waals surface area contributed by atoms with E-state index in [-0.39, 0.29) is 0 Å². The van der Waals surface area contributed by atoms with Crippen LogP contribution in [0.4, 0.5) is 5.82 Å². The summed E-state index contributed by atoms with van der Waals surface area (Å²) >= 11 is 2.34. The summed E-state index contributed by atoms with van der Waals surface area (Å²) in [5, 5.41) is 3.38. The van der Waals surface area contributed by atoms with Gasteiger partial charge in [0, 0.05) is 20.1 Å². The Bertz CT molecular complexity index is 371. The van der Waals surface area contributed by atoms with Gasteiger partial charge in [0.2, 0.25) is 0 Å². The standard InChI is InChI=1S/C13H22IN3O/c1-4-6-10-12(14)13(15-8-5-2)17-11(16-10)7-9-18-3/h4-9H2,1-3H3,(H,15,16,17). The molecule has 102 valence electrons. The van der Waals surface area contributed by atoms with Crippen molar-refractivity contribution < 1.29 is 4.74 Å². The number of aromatic nitrogens is 2. The summed E-state index contributed by atoms with van der Waals surface area (Å²) in [4.78, 5) is 9.21. The molecular formula is C13H22IN3O. The van der Waals surface area contributed by atoms with Gasteiger partial charge >= 0.3 is 0 Å². The molecule has 0 saturated heterocycles. The van der Waals surface area contributed by atoms with E-state index < -0.39 is 0 Å². The number of aryl methyl sites for hydroxylation is 1. The smallest absolute Gasteiger partial charge is 0.143 e. The monoisotopic (exact) mass is 363 g/mol. The molecule has 0 saturated carbocycles. The first kappa shape index (κ1) is 15.6. The Kier molecular flexibility index (Phi) is 7.50. The van der Waals surface area contributed by atoms with Crippen molar-refractivity contribution in [1.29, 1.82) is 0 Å². The molecule has 4 nitrogen and oxygen atoms in total. The van der Waals surface area contributed by atoms with Crippen LogP contribution in [0.25, 0.3) is 0 Å². The average molecular weight is 363 g/mol. The maximum atomic E-state index is 5.09. The highest BCUT2D eigenvalue weighted by Crippen LogP contribution is 2.20. The lowest BCUT2D eigenvalue weighted by molar-refractivity contribution is 0.200. The van der Waals surface area contributed by atoms with E-state index in [1.165, 1.54) is 0 Å². The summed E-state index contributed by atoms with van der Waals surface area (Å²) in [7, 11) is 1.70. The Morgan fingerprint density at radius 3 is 2.56 bits per heavy atom. The second kappa shape index (κ2) is 8.63. The van der Waals surface area contributed by atoms with Crippen molar-refractivity contribution in [2.45, 2.75) is 39.5 Å². The summed E-state index contributed by atoms with van der Waals surface area (Å²) in [6.07, 6.45) is 3.97. The molecule has 1 aromatic heterocycles. The van der Waals surface area contributed by atoms with Gasteiger partial charge in [-0.1, -0.05) is 20.3 Å².